The smallest absolute Gasteiger partial charge is 0.378 e. The van der Waals surface area contributed by atoms with Crippen molar-refractivity contribution in [3.63, 3.8) is 0 Å². The molecule has 0 saturated carbocycles. The lowest BCUT2D eigenvalue weighted by atomic mass is 9.91. The van der Waals surface area contributed by atoms with E-state index in [1.807, 2.05) is 0 Å². The molecule has 2 fully saturated rings. The first-order valence-corrected chi connectivity index (χ1v) is 9.32. The fourth-order valence-electron chi connectivity index (χ4n) is 4.60. The standard InChI is InChI=1S/C20H19F4N3O/c1-11-6-17-15(8-16(11)21)14-2-3-25-19(20(22,23)24)18(14)27(17)5-4-26-12-7-13(26)10-28-9-12/h2-3,6,8,12-13H,4-5,7,9-10H2,1H3. The number of nitrogens with zero attached hydrogens (tertiary/aromatic N) is 3. The number of ether oxygens (including phenoxy) is 1. The molecule has 28 heavy (non-hydrogen) atoms. The molecule has 2 saturated heterocycles. The predicted octanol–water partition coefficient (Wildman–Crippen LogP) is 4.13. The molecular formula is C20H19F4N3O. The van der Waals surface area contributed by atoms with Crippen LogP contribution in [0, 0.1) is 12.7 Å². The number of pyridine rings is 1. The van der Waals surface area contributed by atoms with Gasteiger partial charge >= 0.3 is 6.18 Å². The van der Waals surface area contributed by atoms with E-state index >= 15 is 0 Å². The highest BCUT2D eigenvalue weighted by Crippen LogP contribution is 2.39. The summed E-state index contributed by atoms with van der Waals surface area (Å²) in [4.78, 5) is 5.92. The first-order valence-electron chi connectivity index (χ1n) is 9.32. The highest BCUT2D eigenvalue weighted by Gasteiger charge is 2.42. The van der Waals surface area contributed by atoms with Gasteiger partial charge in [-0.1, -0.05) is 0 Å². The maximum absolute atomic E-state index is 14.2. The van der Waals surface area contributed by atoms with Crippen LogP contribution in [0.1, 0.15) is 17.7 Å². The minimum Gasteiger partial charge on any atom is -0.378 e. The SMILES string of the molecule is Cc1cc2c(cc1F)c1ccnc(C(F)(F)F)c1n2CCN1C2COCC1C2. The van der Waals surface area contributed by atoms with E-state index in [4.69, 9.17) is 4.74 Å². The number of hydrogen-bond donors (Lipinski definition) is 0. The second-order valence-electron chi connectivity index (χ2n) is 7.64. The molecule has 2 aliphatic heterocycles. The second kappa shape index (κ2) is 6.15. The number of aryl methyl sites for hydroxylation is 1. The summed E-state index contributed by atoms with van der Waals surface area (Å²) in [5.41, 5.74) is 0.116. The Labute approximate surface area is 158 Å². The van der Waals surface area contributed by atoms with Gasteiger partial charge in [-0.25, -0.2) is 9.37 Å². The summed E-state index contributed by atoms with van der Waals surface area (Å²) in [6.45, 7) is 3.97. The van der Waals surface area contributed by atoms with Crippen molar-refractivity contribution in [2.75, 3.05) is 19.8 Å². The summed E-state index contributed by atoms with van der Waals surface area (Å²) in [7, 11) is 0. The molecule has 0 amide bonds. The van der Waals surface area contributed by atoms with Gasteiger partial charge in [0.25, 0.3) is 0 Å². The average Bonchev–Trinajstić information content (AvgIpc) is 2.95. The van der Waals surface area contributed by atoms with Crippen LogP contribution in [0.4, 0.5) is 17.6 Å². The Bertz CT molecular complexity index is 1060. The predicted molar refractivity (Wildman–Crippen MR) is 96.7 cm³/mol. The number of hydrogen-bond acceptors (Lipinski definition) is 3. The van der Waals surface area contributed by atoms with Crippen LogP contribution in [0.3, 0.4) is 0 Å². The van der Waals surface area contributed by atoms with Crippen molar-refractivity contribution >= 4 is 21.8 Å². The normalized spacial score (nSPS) is 22.8. The lowest BCUT2D eigenvalue weighted by Gasteiger charge is -2.52. The van der Waals surface area contributed by atoms with E-state index in [-0.39, 0.29) is 5.52 Å². The molecule has 0 N–H and O–H groups in total. The van der Waals surface area contributed by atoms with E-state index in [1.165, 1.54) is 12.1 Å². The Morgan fingerprint density at radius 2 is 1.89 bits per heavy atom. The minimum atomic E-state index is -4.58. The van der Waals surface area contributed by atoms with Crippen molar-refractivity contribution in [2.24, 2.45) is 0 Å². The van der Waals surface area contributed by atoms with Gasteiger partial charge in [-0.05, 0) is 37.1 Å². The van der Waals surface area contributed by atoms with Gasteiger partial charge < -0.3 is 9.30 Å². The number of halogens is 4. The highest BCUT2D eigenvalue weighted by atomic mass is 19.4. The lowest BCUT2D eigenvalue weighted by Crippen LogP contribution is -2.64. The van der Waals surface area contributed by atoms with E-state index in [2.05, 4.69) is 9.88 Å². The summed E-state index contributed by atoms with van der Waals surface area (Å²) in [5, 5.41) is 0.862. The van der Waals surface area contributed by atoms with Gasteiger partial charge in [0.05, 0.1) is 18.7 Å². The van der Waals surface area contributed by atoms with E-state index in [0.717, 1.165) is 12.6 Å². The van der Waals surface area contributed by atoms with Crippen LogP contribution in [0.15, 0.2) is 24.4 Å². The van der Waals surface area contributed by atoms with Crippen molar-refractivity contribution in [3.05, 3.63) is 41.5 Å². The Morgan fingerprint density at radius 3 is 2.57 bits per heavy atom. The van der Waals surface area contributed by atoms with E-state index in [9.17, 15) is 17.6 Å². The number of morpholine rings is 1. The Kier molecular flexibility index (Phi) is 3.93. The van der Waals surface area contributed by atoms with E-state index in [0.29, 0.717) is 60.2 Å². The molecule has 0 spiro atoms. The van der Waals surface area contributed by atoms with Crippen LogP contribution in [0.25, 0.3) is 21.8 Å². The van der Waals surface area contributed by atoms with E-state index < -0.39 is 17.7 Å². The van der Waals surface area contributed by atoms with Crippen LogP contribution in [0.2, 0.25) is 0 Å². The molecule has 2 aliphatic rings. The lowest BCUT2D eigenvalue weighted by molar-refractivity contribution is -0.140. The van der Waals surface area contributed by atoms with Gasteiger partial charge in [-0.2, -0.15) is 13.2 Å². The van der Waals surface area contributed by atoms with Gasteiger partial charge in [-0.15, -0.1) is 0 Å². The monoisotopic (exact) mass is 393 g/mol. The van der Waals surface area contributed by atoms with Crippen LogP contribution in [0.5, 0.6) is 0 Å². The molecule has 0 radical (unpaired) electrons. The summed E-state index contributed by atoms with van der Waals surface area (Å²) < 4.78 is 62.3. The Morgan fingerprint density at radius 1 is 1.14 bits per heavy atom. The molecular weight excluding hydrogens is 374 g/mol. The van der Waals surface area contributed by atoms with Crippen molar-refractivity contribution < 1.29 is 22.3 Å². The topological polar surface area (TPSA) is 30.3 Å². The third kappa shape index (κ3) is 2.62. The van der Waals surface area contributed by atoms with Crippen molar-refractivity contribution in [1.29, 1.82) is 0 Å². The van der Waals surface area contributed by atoms with Crippen molar-refractivity contribution in [3.8, 4) is 0 Å². The molecule has 5 rings (SSSR count). The summed E-state index contributed by atoms with van der Waals surface area (Å²) >= 11 is 0. The number of aromatic nitrogens is 2. The fourth-order valence-corrected chi connectivity index (χ4v) is 4.60. The molecule has 4 nitrogen and oxygen atoms in total. The second-order valence-corrected chi connectivity index (χ2v) is 7.64. The Balaban J connectivity index is 1.66. The zero-order chi connectivity index (χ0) is 19.6. The fraction of sp³-hybridized carbons (Fsp3) is 0.450. The summed E-state index contributed by atoms with van der Waals surface area (Å²) in [6, 6.07) is 5.17. The molecule has 2 bridgehead atoms. The van der Waals surface area contributed by atoms with Gasteiger partial charge in [0.15, 0.2) is 5.69 Å². The number of benzene rings is 1. The molecule has 2 aromatic heterocycles. The zero-order valence-electron chi connectivity index (χ0n) is 15.3. The summed E-state index contributed by atoms with van der Waals surface area (Å²) in [5.74, 6) is -0.425. The van der Waals surface area contributed by atoms with Crippen LogP contribution < -0.4 is 0 Å². The molecule has 2 unspecified atom stereocenters. The molecule has 8 heteroatoms. The van der Waals surface area contributed by atoms with Crippen LogP contribution in [-0.2, 0) is 17.5 Å². The zero-order valence-corrected chi connectivity index (χ0v) is 15.3. The quantitative estimate of drug-likeness (QED) is 0.627. The number of alkyl halides is 3. The average molecular weight is 393 g/mol. The van der Waals surface area contributed by atoms with Gasteiger partial charge in [0.1, 0.15) is 5.82 Å². The van der Waals surface area contributed by atoms with Crippen LogP contribution in [-0.4, -0.2) is 46.3 Å². The molecule has 0 aliphatic carbocycles. The maximum Gasteiger partial charge on any atom is 0.435 e. The third-order valence-corrected chi connectivity index (χ3v) is 6.01. The third-order valence-electron chi connectivity index (χ3n) is 6.01. The van der Waals surface area contributed by atoms with Gasteiger partial charge in [-0.3, -0.25) is 4.90 Å². The van der Waals surface area contributed by atoms with Crippen molar-refractivity contribution in [1.82, 2.24) is 14.5 Å². The summed E-state index contributed by atoms with van der Waals surface area (Å²) in [6.07, 6.45) is -2.36. The molecule has 2 atom stereocenters. The molecule has 3 aromatic rings. The van der Waals surface area contributed by atoms with Gasteiger partial charge in [0, 0.05) is 47.7 Å². The first-order chi connectivity index (χ1) is 13.3. The first kappa shape index (κ1) is 17.9. The molecule has 148 valence electrons. The highest BCUT2D eigenvalue weighted by molar-refractivity contribution is 6.09. The number of rotatable bonds is 3. The largest absolute Gasteiger partial charge is 0.435 e. The van der Waals surface area contributed by atoms with Gasteiger partial charge in [0.2, 0.25) is 0 Å². The molecule has 1 aromatic carbocycles. The van der Waals surface area contributed by atoms with Crippen molar-refractivity contribution in [2.45, 2.75) is 38.1 Å². The number of fused-ring (bicyclic) bond motifs is 5. The molecule has 4 heterocycles. The van der Waals surface area contributed by atoms with E-state index in [1.54, 1.807) is 17.6 Å². The van der Waals surface area contributed by atoms with Crippen LogP contribution >= 0.6 is 0 Å². The Hall–Kier alpha value is -2.19. The maximum atomic E-state index is 14.2. The minimum absolute atomic E-state index is 0.0249.